The van der Waals surface area contributed by atoms with Gasteiger partial charge in [0.1, 0.15) is 0 Å². The molecule has 0 saturated heterocycles. The van der Waals surface area contributed by atoms with Gasteiger partial charge in [0.05, 0.1) is 0 Å². The van der Waals surface area contributed by atoms with Crippen LogP contribution in [0, 0.1) is 0 Å². The van der Waals surface area contributed by atoms with Gasteiger partial charge >= 0.3 is 0 Å². The van der Waals surface area contributed by atoms with Crippen molar-refractivity contribution in [2.24, 2.45) is 0 Å². The molecular weight excluding hydrogens is 368 g/mol. The zero-order valence-corrected chi connectivity index (χ0v) is 15.8. The van der Waals surface area contributed by atoms with Gasteiger partial charge in [-0.25, -0.2) is 0 Å². The molecule has 0 radical (unpaired) electrons. The summed E-state index contributed by atoms with van der Waals surface area (Å²) in [6.07, 6.45) is 0. The third-order valence-electron chi connectivity index (χ3n) is 0. The maximum absolute atomic E-state index is 0. The van der Waals surface area contributed by atoms with Crippen LogP contribution in [0.2, 0.25) is 0 Å². The van der Waals surface area contributed by atoms with E-state index in [0.717, 1.165) is 0 Å². The van der Waals surface area contributed by atoms with E-state index in [9.17, 15) is 0 Å². The summed E-state index contributed by atoms with van der Waals surface area (Å²) in [5.74, 6) is 0. The van der Waals surface area contributed by atoms with Gasteiger partial charge in [0.15, 0.2) is 0 Å². The minimum absolute atomic E-state index is 0. The van der Waals surface area contributed by atoms with Crippen LogP contribution in [0.25, 0.3) is 0 Å². The summed E-state index contributed by atoms with van der Waals surface area (Å²) in [6.45, 7) is 0. The Hall–Kier alpha value is -1.00. The minimum Gasteiger partial charge on any atom is -0.412 e. The van der Waals surface area contributed by atoms with Crippen LogP contribution >= 0.6 is 0 Å². The lowest BCUT2D eigenvalue weighted by molar-refractivity contribution is 0.823. The number of hydrogen-bond donors (Lipinski definition) is 16. The maximum atomic E-state index is 0. The first kappa shape index (κ1) is 12700. The summed E-state index contributed by atoms with van der Waals surface area (Å²) >= 11 is 0. The molecule has 0 atom stereocenters. The van der Waals surface area contributed by atoms with Gasteiger partial charge in [-0.3, -0.25) is 0 Å². The second kappa shape index (κ2) is 11100. The van der Waals surface area contributed by atoms with Crippen molar-refractivity contribution in [1.82, 2.24) is 98.4 Å². The summed E-state index contributed by atoms with van der Waals surface area (Å²) in [4.78, 5) is 0. The Labute approximate surface area is 149 Å². The fourth-order valence-electron chi connectivity index (χ4n) is 0. The van der Waals surface area contributed by atoms with Crippen LogP contribution in [-0.4, -0.2) is 49.3 Å². The van der Waals surface area contributed by atoms with Crippen LogP contribution < -0.4 is 98.4 Å². The fourth-order valence-corrected chi connectivity index (χ4v) is 0. The van der Waals surface area contributed by atoms with Gasteiger partial charge in [-0.05, 0) is 0 Å². The summed E-state index contributed by atoms with van der Waals surface area (Å²) in [6, 6.07) is 0. The van der Waals surface area contributed by atoms with Gasteiger partial charge in [0.25, 0.3) is 0 Å². The second-order valence-electron chi connectivity index (χ2n) is 0. The molecule has 0 aliphatic carbocycles. The molecule has 0 unspecified atom stereocenters. The highest BCUT2D eigenvalue weighted by Gasteiger charge is -0.327. The predicted octanol–water partition coefficient (Wildman–Crippen LogP) is -4.83. The van der Waals surface area contributed by atoms with E-state index in [0.29, 0.717) is 0 Å². The van der Waals surface area contributed by atoms with Gasteiger partial charge in [-0.15, -0.1) is 0 Å². The van der Waals surface area contributed by atoms with Crippen molar-refractivity contribution in [3.63, 3.8) is 0 Å². The molecule has 0 heterocycles. The van der Waals surface area contributed by atoms with E-state index in [1.54, 1.807) is 0 Å². The zero-order chi connectivity index (χ0) is 0. The average Bonchev–Trinajstić information content (AvgIpc) is 0. The Morgan fingerprint density at radius 2 is 0.0800 bits per heavy atom. The molecular formula is H66N16O9. The second-order valence-corrected chi connectivity index (χ2v) is 0. The van der Waals surface area contributed by atoms with Gasteiger partial charge in [-0.2, -0.15) is 0 Å². The zero-order valence-electron chi connectivity index (χ0n) is 15.8. The topological polar surface area (TPSA) is 844 Å². The maximum Gasteiger partial charge on any atom is -0.344 e. The van der Waals surface area contributed by atoms with E-state index in [4.69, 9.17) is 0 Å². The van der Waals surface area contributed by atoms with Crippen molar-refractivity contribution >= 4 is 0 Å². The average molecular weight is 435 g/mol. The molecule has 0 aromatic carbocycles. The molecule has 0 aliphatic rings. The SMILES string of the molecule is N.N.N.N.N.N.N.N.N.N.N.N.N.N.N.N.O.O.O.O.O.O.O.O.O. The van der Waals surface area contributed by atoms with E-state index < -0.39 is 0 Å². The van der Waals surface area contributed by atoms with Crippen LogP contribution in [0.15, 0.2) is 0 Å². The molecule has 0 bridgehead atoms. The van der Waals surface area contributed by atoms with Crippen LogP contribution in [0.5, 0.6) is 0 Å². The Kier molecular flexibility index (Phi) is 5650000. The molecule has 25 nitrogen and oxygen atoms in total. The number of hydrogen-bond acceptors (Lipinski definition) is 16. The highest BCUT2D eigenvalue weighted by molar-refractivity contribution is 2.15. The summed E-state index contributed by atoms with van der Waals surface area (Å²) < 4.78 is 0. The summed E-state index contributed by atoms with van der Waals surface area (Å²) in [7, 11) is 0. The van der Waals surface area contributed by atoms with Gasteiger partial charge in [0.2, 0.25) is 0 Å². The minimum atomic E-state index is 0. The third kappa shape index (κ3) is 10100. The van der Waals surface area contributed by atoms with E-state index in [2.05, 4.69) is 0 Å². The van der Waals surface area contributed by atoms with Crippen LogP contribution in [0.4, 0.5) is 0 Å². The quantitative estimate of drug-likeness (QED) is 0.170. The molecule has 0 aliphatic heterocycles. The van der Waals surface area contributed by atoms with Crippen molar-refractivity contribution in [3.8, 4) is 0 Å². The molecule has 0 fully saturated rings. The summed E-state index contributed by atoms with van der Waals surface area (Å²) in [5, 5.41) is 0. The molecule has 0 aromatic rings. The van der Waals surface area contributed by atoms with Crippen molar-refractivity contribution in [1.29, 1.82) is 0 Å². The van der Waals surface area contributed by atoms with E-state index in [1.807, 2.05) is 0 Å². The first-order chi connectivity index (χ1) is 0. The van der Waals surface area contributed by atoms with Crippen molar-refractivity contribution in [2.45, 2.75) is 0 Å². The lowest BCUT2D eigenvalue weighted by Crippen LogP contribution is -0.482. The van der Waals surface area contributed by atoms with Gasteiger partial charge in [-0.1, -0.05) is 0 Å². The predicted molar refractivity (Wildman–Crippen MR) is 113 cm³/mol. The molecule has 25 heavy (non-hydrogen) atoms. The Balaban J connectivity index is 0. The first-order valence-electron chi connectivity index (χ1n) is 0. The molecule has 0 spiro atoms. The van der Waals surface area contributed by atoms with Crippen molar-refractivity contribution < 1.29 is 49.3 Å². The summed E-state index contributed by atoms with van der Waals surface area (Å²) in [5.41, 5.74) is 0. The lowest BCUT2D eigenvalue weighted by Gasteiger charge is -0.413. The molecule has 25 heteroatoms. The largest absolute Gasteiger partial charge is 0.412 e. The van der Waals surface area contributed by atoms with Crippen LogP contribution in [-0.2, 0) is 0 Å². The highest BCUT2D eigenvalue weighted by Crippen LogP contribution is -0.281. The van der Waals surface area contributed by atoms with E-state index >= 15 is 0 Å². The fraction of sp³-hybridized carbons (Fsp3) is 0. The molecule has 200 valence electrons. The molecule has 0 amide bonds. The standard InChI is InChI=1S/16H3N.9H2O/h16*1H3;9*1H2. The van der Waals surface area contributed by atoms with Crippen LogP contribution in [0.1, 0.15) is 0 Å². The third-order valence-corrected chi connectivity index (χ3v) is 0. The van der Waals surface area contributed by atoms with E-state index in [1.165, 1.54) is 0 Å². The van der Waals surface area contributed by atoms with Crippen LogP contribution in [0.3, 0.4) is 0 Å². The molecule has 66 N–H and O–H groups in total. The molecule has 0 aromatic heterocycles. The molecule has 0 saturated carbocycles. The normalized spacial score (nSPS) is 0. The Morgan fingerprint density at radius 3 is 0.0800 bits per heavy atom. The smallest absolute Gasteiger partial charge is 0.344 e. The van der Waals surface area contributed by atoms with Gasteiger partial charge in [0, 0.05) is 0 Å². The van der Waals surface area contributed by atoms with E-state index in [-0.39, 0.29) is 148 Å². The van der Waals surface area contributed by atoms with Crippen molar-refractivity contribution in [3.05, 3.63) is 0 Å². The Morgan fingerprint density at radius 1 is 0.0800 bits per heavy atom. The first-order valence-corrected chi connectivity index (χ1v) is 0. The monoisotopic (exact) mass is 435 g/mol. The lowest BCUT2D eigenvalue weighted by atomic mass is 14.0. The highest BCUT2D eigenvalue weighted by atomic mass is 16.0. The number of rotatable bonds is 0. The van der Waals surface area contributed by atoms with Crippen molar-refractivity contribution in [2.75, 3.05) is 0 Å². The Bertz CT molecular complexity index is 23.6. The molecule has 0 rings (SSSR count). The van der Waals surface area contributed by atoms with Gasteiger partial charge < -0.3 is 148 Å².